The van der Waals surface area contributed by atoms with Crippen LogP contribution in [-0.2, 0) is 22.1 Å². The number of hydrogen-bond donors (Lipinski definition) is 1. The molecule has 8 nitrogen and oxygen atoms in total. The van der Waals surface area contributed by atoms with Gasteiger partial charge in [-0.2, -0.15) is 13.2 Å². The van der Waals surface area contributed by atoms with E-state index in [-0.39, 0.29) is 36.0 Å². The van der Waals surface area contributed by atoms with Crippen molar-refractivity contribution in [2.45, 2.75) is 57.3 Å². The lowest BCUT2D eigenvalue weighted by molar-refractivity contribution is -0.388. The van der Waals surface area contributed by atoms with E-state index in [0.29, 0.717) is 57.6 Å². The fraction of sp³-hybridized carbons (Fsp3) is 0.406. The molecule has 0 radical (unpaired) electrons. The van der Waals surface area contributed by atoms with Crippen molar-refractivity contribution in [3.8, 4) is 0 Å². The molecule has 1 amide bonds. The summed E-state index contributed by atoms with van der Waals surface area (Å²) < 4.78 is 59.5. The molecule has 2 fully saturated rings. The maximum Gasteiger partial charge on any atom is 0.423 e. The number of benzene rings is 2. The lowest BCUT2D eigenvalue weighted by Gasteiger charge is -2.37. The second kappa shape index (κ2) is 14.4. The molecule has 1 aliphatic heterocycles. The summed E-state index contributed by atoms with van der Waals surface area (Å²) in [6, 6.07) is 8.83. The number of piperazine rings is 1. The SMILES string of the molecule is C=C/C(=C\C(=C/C)O[C@H]1CC[C@H](Nc2ccc([N+](=O)[O-])c(C(F)(F)F)c2)CC1)N1CCN(C(=O)Cc2ccc(F)cc2)CC1. The van der Waals surface area contributed by atoms with E-state index < -0.39 is 22.4 Å². The number of allylic oxidation sites excluding steroid dienone is 3. The molecular formula is C32H36F4N4O4. The lowest BCUT2D eigenvalue weighted by Crippen LogP contribution is -2.48. The zero-order valence-corrected chi connectivity index (χ0v) is 24.5. The predicted molar refractivity (Wildman–Crippen MR) is 159 cm³/mol. The Labute approximate surface area is 253 Å². The summed E-state index contributed by atoms with van der Waals surface area (Å²) >= 11 is 0. The number of carbonyl (C=O) groups excluding carboxylic acids is 1. The number of amides is 1. The molecule has 0 aromatic heterocycles. The molecule has 1 N–H and O–H groups in total. The van der Waals surface area contributed by atoms with E-state index in [1.165, 1.54) is 18.2 Å². The Morgan fingerprint density at radius 3 is 2.27 bits per heavy atom. The summed E-state index contributed by atoms with van der Waals surface area (Å²) in [5.74, 6) is 0.340. The molecule has 0 bridgehead atoms. The molecule has 2 aromatic carbocycles. The number of nitro benzene ring substituents is 1. The zero-order chi connectivity index (χ0) is 31.9. The van der Waals surface area contributed by atoms with E-state index in [4.69, 9.17) is 4.74 Å². The first-order valence-corrected chi connectivity index (χ1v) is 14.5. The van der Waals surface area contributed by atoms with Gasteiger partial charge in [-0.1, -0.05) is 18.7 Å². The van der Waals surface area contributed by atoms with E-state index in [2.05, 4.69) is 16.8 Å². The van der Waals surface area contributed by atoms with Crippen LogP contribution in [0, 0.1) is 15.9 Å². The minimum atomic E-state index is -4.83. The maximum atomic E-state index is 13.3. The molecule has 12 heteroatoms. The monoisotopic (exact) mass is 616 g/mol. The average molecular weight is 617 g/mol. The van der Waals surface area contributed by atoms with Crippen LogP contribution in [-0.4, -0.2) is 59.0 Å². The fourth-order valence-corrected chi connectivity index (χ4v) is 5.48. The quantitative estimate of drug-likeness (QED) is 0.103. The third-order valence-electron chi connectivity index (χ3n) is 7.90. The normalized spacial score (nSPS) is 19.8. The largest absolute Gasteiger partial charge is 0.491 e. The smallest absolute Gasteiger partial charge is 0.423 e. The van der Waals surface area contributed by atoms with E-state index in [9.17, 15) is 32.5 Å². The molecule has 1 saturated heterocycles. The van der Waals surface area contributed by atoms with Crippen molar-refractivity contribution in [1.29, 1.82) is 0 Å². The molecule has 0 atom stereocenters. The van der Waals surface area contributed by atoms with Crippen LogP contribution in [0.25, 0.3) is 0 Å². The van der Waals surface area contributed by atoms with Crippen LogP contribution in [0.2, 0.25) is 0 Å². The van der Waals surface area contributed by atoms with Crippen molar-refractivity contribution in [3.05, 3.63) is 106 Å². The lowest BCUT2D eigenvalue weighted by atomic mass is 9.92. The van der Waals surface area contributed by atoms with Gasteiger partial charge in [0.1, 0.15) is 17.1 Å². The zero-order valence-electron chi connectivity index (χ0n) is 24.5. The maximum absolute atomic E-state index is 13.3. The second-order valence-electron chi connectivity index (χ2n) is 10.9. The molecule has 1 saturated carbocycles. The molecule has 2 aromatic rings. The van der Waals surface area contributed by atoms with Crippen molar-refractivity contribution >= 4 is 17.3 Å². The molecule has 1 heterocycles. The first-order chi connectivity index (χ1) is 21.0. The van der Waals surface area contributed by atoms with Crippen molar-refractivity contribution in [3.63, 3.8) is 0 Å². The summed E-state index contributed by atoms with van der Waals surface area (Å²) in [5.41, 5.74) is -0.407. The Balaban J connectivity index is 1.27. The van der Waals surface area contributed by atoms with Crippen LogP contribution in [0.3, 0.4) is 0 Å². The topological polar surface area (TPSA) is 87.9 Å². The highest BCUT2D eigenvalue weighted by Gasteiger charge is 2.38. The van der Waals surface area contributed by atoms with Gasteiger partial charge in [0.05, 0.1) is 17.4 Å². The van der Waals surface area contributed by atoms with E-state index >= 15 is 0 Å². The number of rotatable bonds is 10. The number of halogens is 4. The van der Waals surface area contributed by atoms with Gasteiger partial charge >= 0.3 is 6.18 Å². The number of alkyl halides is 3. The first-order valence-electron chi connectivity index (χ1n) is 14.5. The first kappa shape index (κ1) is 32.6. The Kier molecular flexibility index (Phi) is 10.7. The summed E-state index contributed by atoms with van der Waals surface area (Å²) in [6.45, 7) is 8.17. The van der Waals surface area contributed by atoms with Gasteiger partial charge in [-0.15, -0.1) is 0 Å². The third-order valence-corrected chi connectivity index (χ3v) is 7.90. The molecule has 2 aliphatic rings. The van der Waals surface area contributed by atoms with Crippen LogP contribution < -0.4 is 5.32 Å². The van der Waals surface area contributed by atoms with Gasteiger partial charge in [0.25, 0.3) is 5.69 Å². The molecule has 0 unspecified atom stereocenters. The van der Waals surface area contributed by atoms with Gasteiger partial charge in [0.2, 0.25) is 5.91 Å². The summed E-state index contributed by atoms with van der Waals surface area (Å²) in [4.78, 5) is 26.7. The number of nitro groups is 1. The highest BCUT2D eigenvalue weighted by molar-refractivity contribution is 5.78. The van der Waals surface area contributed by atoms with Crippen LogP contribution in [0.15, 0.2) is 78.7 Å². The summed E-state index contributed by atoms with van der Waals surface area (Å²) in [6.07, 6.45) is 3.53. The predicted octanol–water partition coefficient (Wildman–Crippen LogP) is 6.85. The van der Waals surface area contributed by atoms with Gasteiger partial charge < -0.3 is 19.9 Å². The number of carbonyl (C=O) groups is 1. The van der Waals surface area contributed by atoms with Gasteiger partial charge in [-0.3, -0.25) is 14.9 Å². The van der Waals surface area contributed by atoms with Crippen molar-refractivity contribution in [1.82, 2.24) is 9.80 Å². The Hall–Kier alpha value is -4.35. The number of hydrogen-bond acceptors (Lipinski definition) is 6. The molecule has 4 rings (SSSR count). The van der Waals surface area contributed by atoms with Crippen molar-refractivity contribution in [2.24, 2.45) is 0 Å². The van der Waals surface area contributed by atoms with Gasteiger partial charge in [0.15, 0.2) is 0 Å². The minimum Gasteiger partial charge on any atom is -0.491 e. The average Bonchev–Trinajstić information content (AvgIpc) is 3.00. The standard InChI is InChI=1S/C32H36F4N4O4/c1-3-26(38-15-17-39(18-16-38)31(41)19-22-5-7-23(33)8-6-22)21-27(4-2)44-28-12-9-24(10-13-28)37-25-11-14-30(40(42)43)29(20-25)32(34,35)36/h3-8,11,14,20-21,24,28,37H,1,9-10,12-13,15-19H2,2H3/b26-21+,27-4+/t24-,28-. The van der Waals surface area contributed by atoms with Crippen LogP contribution in [0.5, 0.6) is 0 Å². The van der Waals surface area contributed by atoms with Gasteiger partial charge in [-0.05, 0) is 74.6 Å². The van der Waals surface area contributed by atoms with Crippen molar-refractivity contribution < 1.29 is 32.0 Å². The van der Waals surface area contributed by atoms with E-state index in [0.717, 1.165) is 23.4 Å². The number of nitrogens with one attached hydrogen (secondary N) is 1. The van der Waals surface area contributed by atoms with Crippen LogP contribution >= 0.6 is 0 Å². The number of nitrogens with zero attached hydrogens (tertiary/aromatic N) is 3. The molecule has 44 heavy (non-hydrogen) atoms. The number of ether oxygens (including phenoxy) is 1. The van der Waals surface area contributed by atoms with Gasteiger partial charge in [0, 0.05) is 55.7 Å². The molecule has 0 spiro atoms. The third kappa shape index (κ3) is 8.61. The highest BCUT2D eigenvalue weighted by atomic mass is 19.4. The summed E-state index contributed by atoms with van der Waals surface area (Å²) in [5, 5.41) is 14.1. The van der Waals surface area contributed by atoms with E-state index in [1.54, 1.807) is 23.1 Å². The van der Waals surface area contributed by atoms with Crippen LogP contribution in [0.4, 0.5) is 28.9 Å². The van der Waals surface area contributed by atoms with Crippen LogP contribution in [0.1, 0.15) is 43.7 Å². The molecular weight excluding hydrogens is 580 g/mol. The van der Waals surface area contributed by atoms with Crippen molar-refractivity contribution in [2.75, 3.05) is 31.5 Å². The Morgan fingerprint density at radius 1 is 1.07 bits per heavy atom. The fourth-order valence-electron chi connectivity index (χ4n) is 5.48. The second-order valence-corrected chi connectivity index (χ2v) is 10.9. The molecule has 1 aliphatic carbocycles. The Morgan fingerprint density at radius 2 is 1.70 bits per heavy atom. The van der Waals surface area contributed by atoms with Gasteiger partial charge in [-0.25, -0.2) is 4.39 Å². The van der Waals surface area contributed by atoms with E-state index in [1.807, 2.05) is 19.1 Å². The molecule has 236 valence electrons. The Bertz CT molecular complexity index is 1390. The summed E-state index contributed by atoms with van der Waals surface area (Å²) in [7, 11) is 0. The highest BCUT2D eigenvalue weighted by Crippen LogP contribution is 2.38. The minimum absolute atomic E-state index is 0.00247. The number of anilines is 1.